The first-order valence-electron chi connectivity index (χ1n) is 6.41. The van der Waals surface area contributed by atoms with Gasteiger partial charge in [0.1, 0.15) is 0 Å². The van der Waals surface area contributed by atoms with Gasteiger partial charge in [-0.2, -0.15) is 0 Å². The van der Waals surface area contributed by atoms with E-state index in [0.29, 0.717) is 25.0 Å². The topological polar surface area (TPSA) is 64.3 Å². The molecule has 4 nitrogen and oxygen atoms in total. The van der Waals surface area contributed by atoms with Crippen LogP contribution in [0, 0.1) is 17.8 Å². The van der Waals surface area contributed by atoms with Crippen molar-refractivity contribution in [3.63, 3.8) is 0 Å². The van der Waals surface area contributed by atoms with Crippen LogP contribution in [-0.2, 0) is 9.53 Å². The van der Waals surface area contributed by atoms with E-state index in [0.717, 1.165) is 6.42 Å². The lowest BCUT2D eigenvalue weighted by atomic mass is 9.95. The first kappa shape index (κ1) is 16.4. The van der Waals surface area contributed by atoms with E-state index in [4.69, 9.17) is 10.5 Å². The molecule has 0 saturated carbocycles. The van der Waals surface area contributed by atoms with Gasteiger partial charge in [-0.25, -0.2) is 0 Å². The summed E-state index contributed by atoms with van der Waals surface area (Å²) >= 11 is 0. The minimum atomic E-state index is -0.0897. The predicted molar refractivity (Wildman–Crippen MR) is 70.6 cm³/mol. The SMILES string of the molecule is COCC(NC(=O)C(CN)CC(C)C)C(C)C. The van der Waals surface area contributed by atoms with Crippen molar-refractivity contribution in [3.05, 3.63) is 0 Å². The van der Waals surface area contributed by atoms with Crippen molar-refractivity contribution in [2.45, 2.75) is 40.2 Å². The standard InChI is InChI=1S/C13H28N2O2/c1-9(2)6-11(7-14)13(16)15-12(8-17-5)10(3)4/h9-12H,6-8,14H2,1-5H3,(H,15,16). The van der Waals surface area contributed by atoms with E-state index in [2.05, 4.69) is 33.0 Å². The zero-order chi connectivity index (χ0) is 13.4. The Balaban J connectivity index is 4.35. The molecule has 0 aliphatic rings. The predicted octanol–water partition coefficient (Wildman–Crippen LogP) is 1.39. The Labute approximate surface area is 105 Å². The van der Waals surface area contributed by atoms with Crippen molar-refractivity contribution in [3.8, 4) is 0 Å². The van der Waals surface area contributed by atoms with Gasteiger partial charge in [0, 0.05) is 13.7 Å². The zero-order valence-corrected chi connectivity index (χ0v) is 11.8. The minimum absolute atomic E-state index is 0.0527. The van der Waals surface area contributed by atoms with Gasteiger partial charge in [-0.15, -0.1) is 0 Å². The summed E-state index contributed by atoms with van der Waals surface area (Å²) in [7, 11) is 1.65. The Hall–Kier alpha value is -0.610. The summed E-state index contributed by atoms with van der Waals surface area (Å²) in [5.41, 5.74) is 5.66. The van der Waals surface area contributed by atoms with Crippen LogP contribution in [0.2, 0.25) is 0 Å². The Bertz CT molecular complexity index is 217. The highest BCUT2D eigenvalue weighted by atomic mass is 16.5. The average Bonchev–Trinajstić information content (AvgIpc) is 2.24. The van der Waals surface area contributed by atoms with E-state index in [1.54, 1.807) is 7.11 Å². The number of methoxy groups -OCH3 is 1. The summed E-state index contributed by atoms with van der Waals surface area (Å²) < 4.78 is 5.11. The van der Waals surface area contributed by atoms with Crippen LogP contribution in [0.5, 0.6) is 0 Å². The molecule has 0 spiro atoms. The van der Waals surface area contributed by atoms with E-state index in [1.165, 1.54) is 0 Å². The van der Waals surface area contributed by atoms with Gasteiger partial charge in [-0.3, -0.25) is 4.79 Å². The van der Waals surface area contributed by atoms with Gasteiger partial charge in [0.25, 0.3) is 0 Å². The summed E-state index contributed by atoms with van der Waals surface area (Å²) in [6.45, 7) is 9.30. The molecule has 4 heteroatoms. The van der Waals surface area contributed by atoms with Crippen LogP contribution in [0.4, 0.5) is 0 Å². The molecule has 2 atom stereocenters. The highest BCUT2D eigenvalue weighted by Gasteiger charge is 2.22. The van der Waals surface area contributed by atoms with E-state index in [9.17, 15) is 4.79 Å². The number of hydrogen-bond donors (Lipinski definition) is 2. The molecular formula is C13H28N2O2. The molecule has 17 heavy (non-hydrogen) atoms. The van der Waals surface area contributed by atoms with E-state index in [1.807, 2.05) is 0 Å². The summed E-state index contributed by atoms with van der Waals surface area (Å²) in [6.07, 6.45) is 0.833. The first-order chi connectivity index (χ1) is 7.92. The fraction of sp³-hybridized carbons (Fsp3) is 0.923. The normalized spacial score (nSPS) is 15.1. The van der Waals surface area contributed by atoms with Crippen molar-refractivity contribution in [2.24, 2.45) is 23.5 Å². The Morgan fingerprint density at radius 3 is 2.24 bits per heavy atom. The molecule has 0 bridgehead atoms. The van der Waals surface area contributed by atoms with Crippen LogP contribution in [0.25, 0.3) is 0 Å². The maximum Gasteiger partial charge on any atom is 0.224 e. The molecule has 0 rings (SSSR count). The molecule has 0 aromatic rings. The highest BCUT2D eigenvalue weighted by Crippen LogP contribution is 2.12. The fourth-order valence-electron chi connectivity index (χ4n) is 1.76. The second-order valence-electron chi connectivity index (χ2n) is 5.38. The lowest BCUT2D eigenvalue weighted by Gasteiger charge is -2.25. The maximum atomic E-state index is 12.1. The largest absolute Gasteiger partial charge is 0.383 e. The second kappa shape index (κ2) is 8.48. The number of carbonyl (C=O) groups excluding carboxylic acids is 1. The molecule has 0 fully saturated rings. The number of ether oxygens (including phenoxy) is 1. The second-order valence-corrected chi connectivity index (χ2v) is 5.38. The third-order valence-electron chi connectivity index (χ3n) is 2.89. The third kappa shape index (κ3) is 6.64. The monoisotopic (exact) mass is 244 g/mol. The van der Waals surface area contributed by atoms with Crippen molar-refractivity contribution in [1.82, 2.24) is 5.32 Å². The summed E-state index contributed by atoms with van der Waals surface area (Å²) in [5.74, 6) is 0.802. The van der Waals surface area contributed by atoms with Gasteiger partial charge in [0.05, 0.1) is 18.6 Å². The van der Waals surface area contributed by atoms with E-state index < -0.39 is 0 Å². The van der Waals surface area contributed by atoms with Crippen LogP contribution >= 0.6 is 0 Å². The molecule has 0 aromatic carbocycles. The van der Waals surface area contributed by atoms with Gasteiger partial charge in [-0.05, 0) is 18.3 Å². The highest BCUT2D eigenvalue weighted by molar-refractivity contribution is 5.79. The van der Waals surface area contributed by atoms with Crippen molar-refractivity contribution < 1.29 is 9.53 Å². The molecule has 0 aliphatic heterocycles. The smallest absolute Gasteiger partial charge is 0.224 e. The van der Waals surface area contributed by atoms with Gasteiger partial charge in [0.2, 0.25) is 5.91 Å². The Morgan fingerprint density at radius 1 is 1.29 bits per heavy atom. The van der Waals surface area contributed by atoms with Crippen LogP contribution in [0.3, 0.4) is 0 Å². The quantitative estimate of drug-likeness (QED) is 0.678. The van der Waals surface area contributed by atoms with Gasteiger partial charge in [-0.1, -0.05) is 27.7 Å². The molecule has 0 saturated heterocycles. The number of rotatable bonds is 8. The van der Waals surface area contributed by atoms with E-state index in [-0.39, 0.29) is 17.9 Å². The van der Waals surface area contributed by atoms with Crippen LogP contribution in [0.15, 0.2) is 0 Å². The minimum Gasteiger partial charge on any atom is -0.383 e. The number of hydrogen-bond acceptors (Lipinski definition) is 3. The van der Waals surface area contributed by atoms with Crippen LogP contribution < -0.4 is 11.1 Å². The Morgan fingerprint density at radius 2 is 1.88 bits per heavy atom. The zero-order valence-electron chi connectivity index (χ0n) is 11.8. The first-order valence-corrected chi connectivity index (χ1v) is 6.41. The molecular weight excluding hydrogens is 216 g/mol. The molecule has 1 amide bonds. The van der Waals surface area contributed by atoms with Crippen LogP contribution in [0.1, 0.15) is 34.1 Å². The van der Waals surface area contributed by atoms with Gasteiger partial charge < -0.3 is 15.8 Å². The molecule has 0 aromatic heterocycles. The molecule has 0 heterocycles. The average molecular weight is 244 g/mol. The van der Waals surface area contributed by atoms with Gasteiger partial charge in [0.15, 0.2) is 0 Å². The lowest BCUT2D eigenvalue weighted by Crippen LogP contribution is -2.46. The number of carbonyl (C=O) groups is 1. The molecule has 3 N–H and O–H groups in total. The molecule has 102 valence electrons. The summed E-state index contributed by atoms with van der Waals surface area (Å²) in [6, 6.07) is 0.0636. The maximum absolute atomic E-state index is 12.1. The Kier molecular flexibility index (Phi) is 8.17. The summed E-state index contributed by atoms with van der Waals surface area (Å²) in [5, 5.41) is 3.03. The van der Waals surface area contributed by atoms with Crippen molar-refractivity contribution >= 4 is 5.91 Å². The number of nitrogens with one attached hydrogen (secondary N) is 1. The summed E-state index contributed by atoms with van der Waals surface area (Å²) in [4.78, 5) is 12.1. The van der Waals surface area contributed by atoms with Gasteiger partial charge >= 0.3 is 0 Å². The number of nitrogens with two attached hydrogens (primary N) is 1. The van der Waals surface area contributed by atoms with Crippen molar-refractivity contribution in [2.75, 3.05) is 20.3 Å². The lowest BCUT2D eigenvalue weighted by molar-refractivity contribution is -0.126. The van der Waals surface area contributed by atoms with Crippen molar-refractivity contribution in [1.29, 1.82) is 0 Å². The molecule has 2 unspecified atom stereocenters. The third-order valence-corrected chi connectivity index (χ3v) is 2.89. The fourth-order valence-corrected chi connectivity index (χ4v) is 1.76. The number of amides is 1. The van der Waals surface area contributed by atoms with E-state index >= 15 is 0 Å². The molecule has 0 aliphatic carbocycles. The van der Waals surface area contributed by atoms with Crippen LogP contribution in [-0.4, -0.2) is 32.2 Å². The molecule has 0 radical (unpaired) electrons.